The van der Waals surface area contributed by atoms with E-state index in [0.29, 0.717) is 17.5 Å². The molecule has 0 unspecified atom stereocenters. The van der Waals surface area contributed by atoms with Gasteiger partial charge in [-0.2, -0.15) is 0 Å². The third-order valence-corrected chi connectivity index (χ3v) is 9.85. The van der Waals surface area contributed by atoms with E-state index in [1.807, 2.05) is 72.8 Å². The molecule has 4 aromatic heterocycles. The molecule has 0 bridgehead atoms. The zero-order chi connectivity index (χ0) is 33.5. The normalized spacial score (nSPS) is 11.9. The van der Waals surface area contributed by atoms with Crippen molar-refractivity contribution in [2.45, 2.75) is 0 Å². The maximum Gasteiger partial charge on any atom is 0.167 e. The van der Waals surface area contributed by atoms with Crippen LogP contribution in [0.1, 0.15) is 0 Å². The van der Waals surface area contributed by atoms with Crippen LogP contribution in [-0.2, 0) is 0 Å². The van der Waals surface area contributed by atoms with E-state index in [-0.39, 0.29) is 0 Å². The van der Waals surface area contributed by atoms with E-state index in [1.54, 1.807) is 0 Å². The molecule has 11 rings (SSSR count). The van der Waals surface area contributed by atoms with Gasteiger partial charge in [-0.3, -0.25) is 0 Å². The standard InChI is InChI=1S/C45H26N4O2/c1-3-12-27(13-4-1)43-46-44(28-14-5-2-6-15-28)48-45(47-43)33-19-11-18-32-35-25-40-36(26-41(35)51-42(32)33)34-24-29(22-23-39(34)50-40)49-37-20-9-7-16-30(37)31-17-8-10-21-38(31)49/h1-26H. The molecular weight excluding hydrogens is 629 g/mol. The van der Waals surface area contributed by atoms with Gasteiger partial charge in [0.25, 0.3) is 0 Å². The first-order chi connectivity index (χ1) is 25.3. The molecule has 7 aromatic carbocycles. The fraction of sp³-hybridized carbons (Fsp3) is 0. The second kappa shape index (κ2) is 10.7. The Labute approximate surface area is 290 Å². The Hall–Kier alpha value is -7.05. The van der Waals surface area contributed by atoms with Crippen LogP contribution in [0.3, 0.4) is 0 Å². The van der Waals surface area contributed by atoms with Gasteiger partial charge in [0.2, 0.25) is 0 Å². The van der Waals surface area contributed by atoms with Crippen molar-refractivity contribution in [3.8, 4) is 39.9 Å². The highest BCUT2D eigenvalue weighted by Gasteiger charge is 2.20. The predicted octanol–water partition coefficient (Wildman–Crippen LogP) is 11.8. The quantitative estimate of drug-likeness (QED) is 0.189. The summed E-state index contributed by atoms with van der Waals surface area (Å²) in [5.41, 5.74) is 9.19. The molecule has 0 aliphatic heterocycles. The summed E-state index contributed by atoms with van der Waals surface area (Å²) in [7, 11) is 0. The lowest BCUT2D eigenvalue weighted by atomic mass is 10.1. The molecule has 238 valence electrons. The maximum absolute atomic E-state index is 6.73. The van der Waals surface area contributed by atoms with Crippen molar-refractivity contribution in [2.24, 2.45) is 0 Å². The molecule has 0 fully saturated rings. The number of fused-ring (bicyclic) bond motifs is 9. The molecule has 6 heteroatoms. The molecule has 0 amide bonds. The van der Waals surface area contributed by atoms with E-state index >= 15 is 0 Å². The molecule has 0 spiro atoms. The number of rotatable bonds is 4. The number of hydrogen-bond donors (Lipinski definition) is 0. The fourth-order valence-electron chi connectivity index (χ4n) is 7.50. The lowest BCUT2D eigenvalue weighted by Crippen LogP contribution is -2.00. The first kappa shape index (κ1) is 27.9. The fourth-order valence-corrected chi connectivity index (χ4v) is 7.50. The first-order valence-corrected chi connectivity index (χ1v) is 16.9. The molecule has 0 saturated heterocycles. The van der Waals surface area contributed by atoms with Crippen molar-refractivity contribution >= 4 is 65.7 Å². The largest absolute Gasteiger partial charge is 0.456 e. The van der Waals surface area contributed by atoms with Crippen LogP contribution in [0, 0.1) is 0 Å². The second-order valence-electron chi connectivity index (χ2n) is 12.8. The average molecular weight is 655 g/mol. The van der Waals surface area contributed by atoms with E-state index in [9.17, 15) is 0 Å². The third kappa shape index (κ3) is 4.26. The second-order valence-corrected chi connectivity index (χ2v) is 12.8. The summed E-state index contributed by atoms with van der Waals surface area (Å²) in [4.78, 5) is 14.8. The van der Waals surface area contributed by atoms with Crippen LogP contribution in [-0.4, -0.2) is 19.5 Å². The summed E-state index contributed by atoms with van der Waals surface area (Å²) in [5, 5.41) is 6.44. The molecule has 6 nitrogen and oxygen atoms in total. The van der Waals surface area contributed by atoms with Gasteiger partial charge in [0.1, 0.15) is 22.3 Å². The van der Waals surface area contributed by atoms with Crippen LogP contribution in [0.4, 0.5) is 0 Å². The van der Waals surface area contributed by atoms with E-state index in [2.05, 4.69) is 89.5 Å². The highest BCUT2D eigenvalue weighted by Crippen LogP contribution is 2.41. The van der Waals surface area contributed by atoms with E-state index in [1.165, 1.54) is 21.8 Å². The van der Waals surface area contributed by atoms with E-state index in [0.717, 1.165) is 66.3 Å². The summed E-state index contributed by atoms with van der Waals surface area (Å²) >= 11 is 0. The van der Waals surface area contributed by atoms with Gasteiger partial charge in [-0.25, -0.2) is 15.0 Å². The van der Waals surface area contributed by atoms with Crippen LogP contribution in [0.5, 0.6) is 0 Å². The molecule has 0 N–H and O–H groups in total. The van der Waals surface area contributed by atoms with E-state index in [4.69, 9.17) is 23.8 Å². The van der Waals surface area contributed by atoms with Gasteiger partial charge in [-0.1, -0.05) is 109 Å². The van der Waals surface area contributed by atoms with Gasteiger partial charge < -0.3 is 13.4 Å². The van der Waals surface area contributed by atoms with Crippen molar-refractivity contribution in [3.63, 3.8) is 0 Å². The van der Waals surface area contributed by atoms with Gasteiger partial charge in [-0.05, 0) is 48.5 Å². The van der Waals surface area contributed by atoms with Gasteiger partial charge in [0.05, 0.1) is 16.6 Å². The molecule has 0 aliphatic carbocycles. The number of furan rings is 2. The van der Waals surface area contributed by atoms with Crippen molar-refractivity contribution < 1.29 is 8.83 Å². The number of benzene rings is 7. The third-order valence-electron chi connectivity index (χ3n) is 9.85. The Morgan fingerprint density at radius 2 is 0.902 bits per heavy atom. The highest BCUT2D eigenvalue weighted by atomic mass is 16.3. The summed E-state index contributed by atoms with van der Waals surface area (Å²) in [5.74, 6) is 1.77. The Bertz CT molecular complexity index is 3030. The lowest BCUT2D eigenvalue weighted by Gasteiger charge is -2.08. The highest BCUT2D eigenvalue weighted by molar-refractivity contribution is 6.17. The van der Waals surface area contributed by atoms with Crippen molar-refractivity contribution in [3.05, 3.63) is 158 Å². The zero-order valence-corrected chi connectivity index (χ0v) is 27.1. The number of hydrogen-bond acceptors (Lipinski definition) is 5. The summed E-state index contributed by atoms with van der Waals surface area (Å²) < 4.78 is 15.5. The minimum atomic E-state index is 0.553. The number of para-hydroxylation sites is 3. The zero-order valence-electron chi connectivity index (χ0n) is 27.1. The monoisotopic (exact) mass is 654 g/mol. The predicted molar refractivity (Wildman–Crippen MR) is 205 cm³/mol. The number of aromatic nitrogens is 4. The van der Waals surface area contributed by atoms with Crippen LogP contribution in [0.2, 0.25) is 0 Å². The first-order valence-electron chi connectivity index (χ1n) is 16.9. The molecule has 0 aliphatic rings. The van der Waals surface area contributed by atoms with Crippen molar-refractivity contribution in [1.29, 1.82) is 0 Å². The lowest BCUT2D eigenvalue weighted by molar-refractivity contribution is 0.664. The van der Waals surface area contributed by atoms with Gasteiger partial charge in [0.15, 0.2) is 17.5 Å². The molecule has 4 heterocycles. The van der Waals surface area contributed by atoms with Gasteiger partial charge in [0, 0.05) is 49.1 Å². The SMILES string of the molecule is c1ccc(-c2nc(-c3ccccc3)nc(-c3cccc4c3oc3cc5c(cc34)oc3ccc(-n4c6ccccc6c6ccccc64)cc35)n2)cc1. The smallest absolute Gasteiger partial charge is 0.167 e. The summed E-state index contributed by atoms with van der Waals surface area (Å²) in [6, 6.07) is 53.9. The average Bonchev–Trinajstić information content (AvgIpc) is 3.86. The molecule has 51 heavy (non-hydrogen) atoms. The molecular formula is C45H26N4O2. The Kier molecular flexibility index (Phi) is 5.86. The Balaban J connectivity index is 1.11. The summed E-state index contributed by atoms with van der Waals surface area (Å²) in [6.07, 6.45) is 0. The van der Waals surface area contributed by atoms with Crippen LogP contribution < -0.4 is 0 Å². The van der Waals surface area contributed by atoms with Crippen molar-refractivity contribution in [1.82, 2.24) is 19.5 Å². The summed E-state index contributed by atoms with van der Waals surface area (Å²) in [6.45, 7) is 0. The molecule has 0 radical (unpaired) electrons. The molecule has 0 saturated carbocycles. The van der Waals surface area contributed by atoms with E-state index < -0.39 is 0 Å². The topological polar surface area (TPSA) is 69.9 Å². The Morgan fingerprint density at radius 3 is 1.57 bits per heavy atom. The Morgan fingerprint density at radius 1 is 0.373 bits per heavy atom. The van der Waals surface area contributed by atoms with Crippen LogP contribution in [0.15, 0.2) is 167 Å². The minimum absolute atomic E-state index is 0.553. The van der Waals surface area contributed by atoms with Gasteiger partial charge in [-0.15, -0.1) is 0 Å². The van der Waals surface area contributed by atoms with Crippen molar-refractivity contribution in [2.75, 3.05) is 0 Å². The van der Waals surface area contributed by atoms with Crippen LogP contribution in [0.25, 0.3) is 106 Å². The van der Waals surface area contributed by atoms with Gasteiger partial charge >= 0.3 is 0 Å². The van der Waals surface area contributed by atoms with Crippen LogP contribution >= 0.6 is 0 Å². The molecule has 11 aromatic rings. The number of nitrogens with zero attached hydrogens (tertiary/aromatic N) is 4. The maximum atomic E-state index is 6.73. The molecule has 0 atom stereocenters. The minimum Gasteiger partial charge on any atom is -0.456 e.